The molecule has 2 unspecified atom stereocenters. The van der Waals surface area contributed by atoms with E-state index in [4.69, 9.17) is 26.3 Å². The van der Waals surface area contributed by atoms with Gasteiger partial charge in [0.1, 0.15) is 24.5 Å². The van der Waals surface area contributed by atoms with Gasteiger partial charge in [-0.05, 0) is 24.3 Å². The lowest BCUT2D eigenvalue weighted by atomic mass is 10.1. The topological polar surface area (TPSA) is 91.7 Å². The van der Waals surface area contributed by atoms with Gasteiger partial charge in [-0.25, -0.2) is 4.79 Å². The molecule has 4 rings (SSSR count). The number of hydrogen-bond donors (Lipinski definition) is 1. The lowest BCUT2D eigenvalue weighted by Crippen LogP contribution is -2.47. The first-order chi connectivity index (χ1) is 12.6. The summed E-state index contributed by atoms with van der Waals surface area (Å²) in [6.45, 7) is 0.384. The van der Waals surface area contributed by atoms with Gasteiger partial charge in [0.05, 0.1) is 33.1 Å². The Morgan fingerprint density at radius 3 is 3.00 bits per heavy atom. The van der Waals surface area contributed by atoms with E-state index < -0.39 is 12.2 Å². The summed E-state index contributed by atoms with van der Waals surface area (Å²) < 4.78 is 11.6. The van der Waals surface area contributed by atoms with Crippen LogP contribution in [0.3, 0.4) is 0 Å². The fourth-order valence-electron chi connectivity index (χ4n) is 2.99. The Kier molecular flexibility index (Phi) is 4.18. The van der Waals surface area contributed by atoms with Crippen molar-refractivity contribution < 1.29 is 19.1 Å². The first-order valence-electron chi connectivity index (χ1n) is 7.77. The number of carbonyl (C=O) groups is 2. The quantitative estimate of drug-likeness (QED) is 0.871. The maximum atomic E-state index is 12.3. The summed E-state index contributed by atoms with van der Waals surface area (Å²) in [7, 11) is 0. The minimum absolute atomic E-state index is 0.163. The third-order valence-corrected chi connectivity index (χ3v) is 5.46. The molecule has 1 fully saturated rings. The second kappa shape index (κ2) is 6.52. The van der Waals surface area contributed by atoms with Gasteiger partial charge >= 0.3 is 6.09 Å². The molecule has 2 aliphatic heterocycles. The Hall–Kier alpha value is -2.76. The molecule has 0 spiro atoms. The Morgan fingerprint density at radius 1 is 1.42 bits per heavy atom. The second-order valence-electron chi connectivity index (χ2n) is 5.78. The highest BCUT2D eigenvalue weighted by Crippen LogP contribution is 2.39. The van der Waals surface area contributed by atoms with Crippen molar-refractivity contribution in [2.24, 2.45) is 0 Å². The predicted octanol–water partition coefficient (Wildman–Crippen LogP) is 2.79. The molecule has 1 N–H and O–H groups in total. The Bertz CT molecular complexity index is 938. The number of rotatable bonds is 3. The average molecular weight is 390 g/mol. The van der Waals surface area contributed by atoms with Crippen molar-refractivity contribution in [1.29, 1.82) is 5.26 Å². The van der Waals surface area contributed by atoms with Crippen molar-refractivity contribution in [2.75, 3.05) is 18.1 Å². The third-order valence-electron chi connectivity index (χ3n) is 4.23. The van der Waals surface area contributed by atoms with Crippen molar-refractivity contribution in [1.82, 2.24) is 5.32 Å². The first kappa shape index (κ1) is 16.7. The highest BCUT2D eigenvalue weighted by Gasteiger charge is 2.46. The Balaban J connectivity index is 1.48. The van der Waals surface area contributed by atoms with Gasteiger partial charge in [0, 0.05) is 6.07 Å². The van der Waals surface area contributed by atoms with Crippen LogP contribution in [0.4, 0.5) is 10.5 Å². The summed E-state index contributed by atoms with van der Waals surface area (Å²) in [5.74, 6) is 0.197. The van der Waals surface area contributed by atoms with Crippen LogP contribution in [0.15, 0.2) is 30.3 Å². The SMILES string of the molecule is N#Cc1ccc2c(c1)OCC1C(CNC(=O)c3ccc(Cl)s3)OC(=O)N21. The summed E-state index contributed by atoms with van der Waals surface area (Å²) >= 11 is 7.02. The van der Waals surface area contributed by atoms with Crippen molar-refractivity contribution in [3.8, 4) is 11.8 Å². The number of halogens is 1. The van der Waals surface area contributed by atoms with Crippen LogP contribution in [0.25, 0.3) is 0 Å². The molecule has 2 aliphatic rings. The zero-order chi connectivity index (χ0) is 18.3. The molecule has 1 saturated heterocycles. The van der Waals surface area contributed by atoms with E-state index in [1.165, 1.54) is 16.2 Å². The van der Waals surface area contributed by atoms with Crippen LogP contribution < -0.4 is 15.0 Å². The number of nitrogens with one attached hydrogen (secondary N) is 1. The van der Waals surface area contributed by atoms with Crippen LogP contribution in [0.2, 0.25) is 4.34 Å². The number of cyclic esters (lactones) is 1. The van der Waals surface area contributed by atoms with Crippen molar-refractivity contribution >= 4 is 40.6 Å². The number of ether oxygens (including phenoxy) is 2. The lowest BCUT2D eigenvalue weighted by molar-refractivity contribution is 0.0890. The average Bonchev–Trinajstić information content (AvgIpc) is 3.22. The summed E-state index contributed by atoms with van der Waals surface area (Å²) in [6, 6.07) is 9.85. The van der Waals surface area contributed by atoms with Crippen LogP contribution >= 0.6 is 22.9 Å². The lowest BCUT2D eigenvalue weighted by Gasteiger charge is -2.31. The second-order valence-corrected chi connectivity index (χ2v) is 7.49. The van der Waals surface area contributed by atoms with E-state index in [0.717, 1.165) is 0 Å². The van der Waals surface area contributed by atoms with E-state index in [-0.39, 0.29) is 25.1 Å². The van der Waals surface area contributed by atoms with Gasteiger partial charge in [-0.1, -0.05) is 11.6 Å². The first-order valence-corrected chi connectivity index (χ1v) is 8.96. The van der Waals surface area contributed by atoms with Crippen molar-refractivity contribution in [3.05, 3.63) is 45.1 Å². The minimum Gasteiger partial charge on any atom is -0.489 e. The van der Waals surface area contributed by atoms with Crippen LogP contribution in [0, 0.1) is 11.3 Å². The number of nitriles is 1. The maximum absolute atomic E-state index is 12.3. The van der Waals surface area contributed by atoms with Crippen molar-refractivity contribution in [2.45, 2.75) is 12.1 Å². The molecule has 9 heteroatoms. The van der Waals surface area contributed by atoms with Gasteiger partial charge in [0.25, 0.3) is 5.91 Å². The molecule has 7 nitrogen and oxygen atoms in total. The van der Waals surface area contributed by atoms with Crippen LogP contribution in [0.1, 0.15) is 15.2 Å². The molecular weight excluding hydrogens is 378 g/mol. The highest BCUT2D eigenvalue weighted by molar-refractivity contribution is 7.17. The largest absolute Gasteiger partial charge is 0.489 e. The molecule has 0 aliphatic carbocycles. The summed E-state index contributed by atoms with van der Waals surface area (Å²) in [6.07, 6.45) is -1.03. The molecule has 2 amide bonds. The summed E-state index contributed by atoms with van der Waals surface area (Å²) in [5.41, 5.74) is 1.01. The number of thiophene rings is 1. The molecule has 0 bridgehead atoms. The van der Waals surface area contributed by atoms with Crippen molar-refractivity contribution in [3.63, 3.8) is 0 Å². The third kappa shape index (κ3) is 2.85. The van der Waals surface area contributed by atoms with Gasteiger partial charge < -0.3 is 14.8 Å². The van der Waals surface area contributed by atoms with E-state index >= 15 is 0 Å². The van der Waals surface area contributed by atoms with E-state index in [0.29, 0.717) is 26.2 Å². The normalized spacial score (nSPS) is 20.5. The van der Waals surface area contributed by atoms with Gasteiger partial charge in [-0.2, -0.15) is 5.26 Å². The number of benzene rings is 1. The Labute approximate surface area is 157 Å². The zero-order valence-corrected chi connectivity index (χ0v) is 14.8. The number of amides is 2. The fourth-order valence-corrected chi connectivity index (χ4v) is 3.95. The van der Waals surface area contributed by atoms with E-state index in [9.17, 15) is 9.59 Å². The van der Waals surface area contributed by atoms with E-state index in [1.807, 2.05) is 6.07 Å². The number of nitrogens with zero attached hydrogens (tertiary/aromatic N) is 2. The molecular formula is C17H12ClN3O4S. The maximum Gasteiger partial charge on any atom is 0.415 e. The number of anilines is 1. The van der Waals surface area contributed by atoms with Crippen LogP contribution in [-0.4, -0.2) is 37.3 Å². The minimum atomic E-state index is -0.536. The van der Waals surface area contributed by atoms with Gasteiger partial charge in [0.15, 0.2) is 0 Å². The number of fused-ring (bicyclic) bond motifs is 3. The summed E-state index contributed by atoms with van der Waals surface area (Å²) in [5, 5.41) is 11.7. The molecule has 1 aromatic heterocycles. The Morgan fingerprint density at radius 2 is 2.27 bits per heavy atom. The van der Waals surface area contributed by atoms with Gasteiger partial charge in [-0.3, -0.25) is 9.69 Å². The van der Waals surface area contributed by atoms with Gasteiger partial charge in [0.2, 0.25) is 0 Å². The molecule has 1 aromatic carbocycles. The van der Waals surface area contributed by atoms with Crippen LogP contribution in [-0.2, 0) is 4.74 Å². The molecule has 0 radical (unpaired) electrons. The number of carbonyl (C=O) groups excluding carboxylic acids is 2. The zero-order valence-electron chi connectivity index (χ0n) is 13.3. The molecule has 0 saturated carbocycles. The fraction of sp³-hybridized carbons (Fsp3) is 0.235. The molecule has 26 heavy (non-hydrogen) atoms. The molecule has 2 atom stereocenters. The summed E-state index contributed by atoms with van der Waals surface area (Å²) in [4.78, 5) is 26.5. The van der Waals surface area contributed by atoms with Crippen LogP contribution in [0.5, 0.6) is 5.75 Å². The predicted molar refractivity (Wildman–Crippen MR) is 94.9 cm³/mol. The highest BCUT2D eigenvalue weighted by atomic mass is 35.5. The number of hydrogen-bond acceptors (Lipinski definition) is 6. The molecule has 2 aromatic rings. The monoisotopic (exact) mass is 389 g/mol. The standard InChI is InChI=1S/C17H12ClN3O4S/c18-15-4-3-14(26-15)16(22)20-7-13-11-8-24-12-5-9(6-19)1-2-10(12)21(11)17(23)25-13/h1-5,11,13H,7-8H2,(H,20,22). The van der Waals surface area contributed by atoms with Gasteiger partial charge in [-0.15, -0.1) is 11.3 Å². The smallest absolute Gasteiger partial charge is 0.415 e. The molecule has 132 valence electrons. The molecule has 3 heterocycles. The van der Waals surface area contributed by atoms with E-state index in [1.54, 1.807) is 30.3 Å². The van der Waals surface area contributed by atoms with E-state index in [2.05, 4.69) is 5.32 Å².